The lowest BCUT2D eigenvalue weighted by Gasteiger charge is -2.42. The number of amides is 1. The van der Waals surface area contributed by atoms with Crippen LogP contribution in [0.3, 0.4) is 0 Å². The van der Waals surface area contributed by atoms with E-state index in [2.05, 4.69) is 4.90 Å². The third-order valence-electron chi connectivity index (χ3n) is 9.07. The van der Waals surface area contributed by atoms with Crippen LogP contribution in [0, 0.1) is 13.8 Å². The third kappa shape index (κ3) is 10.2. The molecule has 1 amide bonds. The summed E-state index contributed by atoms with van der Waals surface area (Å²) in [4.78, 5) is 22.7. The standard InChI is InChI=1S/C39H55F3N4O5P/c1-27-21-29(23-30(22-27)39(40,41)42)38(9,10)35(47)44(11)33-25-43-34(24-32(33)31-16-14-13-15-28(31)2)45-17-19-46(12,20-18-45)26-49-52(48,50-36(3,4)5)51-37(6,7)8/h13-16,21-25H,17-20,26H2,1-12H3/q+1. The predicted octanol–water partition coefficient (Wildman–Crippen LogP) is 9.30. The molecule has 286 valence electrons. The van der Waals surface area contributed by atoms with Gasteiger partial charge in [-0.05, 0) is 104 Å². The first-order valence-electron chi connectivity index (χ1n) is 17.5. The smallest absolute Gasteiger partial charge is 0.345 e. The lowest BCUT2D eigenvalue weighted by molar-refractivity contribution is -0.925. The van der Waals surface area contributed by atoms with Gasteiger partial charge in [-0.1, -0.05) is 35.9 Å². The summed E-state index contributed by atoms with van der Waals surface area (Å²) in [6.07, 6.45) is -2.87. The molecule has 0 aliphatic carbocycles. The largest absolute Gasteiger partial charge is 0.480 e. The Bertz CT molecular complexity index is 1790. The lowest BCUT2D eigenvalue weighted by atomic mass is 9.81. The van der Waals surface area contributed by atoms with Crippen LogP contribution in [0.15, 0.2) is 54.7 Å². The number of carbonyl (C=O) groups is 1. The van der Waals surface area contributed by atoms with Gasteiger partial charge in [0.25, 0.3) is 0 Å². The summed E-state index contributed by atoms with van der Waals surface area (Å²) in [5, 5.41) is 0. The lowest BCUT2D eigenvalue weighted by Crippen LogP contribution is -2.58. The van der Waals surface area contributed by atoms with Crippen LogP contribution in [0.2, 0.25) is 0 Å². The van der Waals surface area contributed by atoms with Gasteiger partial charge in [0.15, 0.2) is 6.73 Å². The van der Waals surface area contributed by atoms with Crippen LogP contribution >= 0.6 is 7.82 Å². The van der Waals surface area contributed by atoms with Crippen molar-refractivity contribution < 1.29 is 40.6 Å². The second-order valence-corrected chi connectivity index (χ2v) is 18.1. The predicted molar refractivity (Wildman–Crippen MR) is 200 cm³/mol. The van der Waals surface area contributed by atoms with Crippen molar-refractivity contribution in [2.24, 2.45) is 0 Å². The number of hydrogen-bond donors (Lipinski definition) is 0. The number of halogens is 3. The maximum atomic E-state index is 14.2. The number of piperazine rings is 1. The SMILES string of the molecule is Cc1cc(C(F)(F)F)cc(C(C)(C)C(=O)N(C)c2cnc(N3CC[N+](C)(COP(=O)(OC(C)(C)C)OC(C)(C)C)CC3)cc2-c2ccccc2C)c1. The molecule has 1 aromatic heterocycles. The number of alkyl halides is 3. The number of aromatic nitrogens is 1. The molecular weight excluding hydrogens is 692 g/mol. The maximum absolute atomic E-state index is 14.2. The first-order chi connectivity index (χ1) is 23.7. The Balaban J connectivity index is 1.61. The number of phosphoric acid groups is 1. The number of benzene rings is 2. The summed E-state index contributed by atoms with van der Waals surface area (Å²) in [5.41, 5.74) is 0.386. The number of hydrogen-bond acceptors (Lipinski definition) is 7. The molecule has 0 bridgehead atoms. The number of phosphoric ester groups is 1. The minimum Gasteiger partial charge on any atom is -0.345 e. The van der Waals surface area contributed by atoms with E-state index in [4.69, 9.17) is 18.6 Å². The number of nitrogens with zero attached hydrogens (tertiary/aromatic N) is 4. The van der Waals surface area contributed by atoms with Crippen molar-refractivity contribution in [2.75, 3.05) is 56.8 Å². The summed E-state index contributed by atoms with van der Waals surface area (Å²) in [6.45, 7) is 20.4. The number of rotatable bonds is 10. The Labute approximate surface area is 307 Å². The highest BCUT2D eigenvalue weighted by molar-refractivity contribution is 7.48. The molecule has 52 heavy (non-hydrogen) atoms. The molecule has 0 N–H and O–H groups in total. The zero-order valence-corrected chi connectivity index (χ0v) is 33.5. The van der Waals surface area contributed by atoms with E-state index in [1.54, 1.807) is 81.6 Å². The fourth-order valence-corrected chi connectivity index (χ4v) is 8.09. The van der Waals surface area contributed by atoms with Crippen LogP contribution in [0.1, 0.15) is 77.6 Å². The summed E-state index contributed by atoms with van der Waals surface area (Å²) in [6, 6.07) is 13.6. The van der Waals surface area contributed by atoms with E-state index >= 15 is 0 Å². The van der Waals surface area contributed by atoms with E-state index in [0.717, 1.165) is 34.6 Å². The molecule has 2 aromatic carbocycles. The second kappa shape index (κ2) is 14.9. The van der Waals surface area contributed by atoms with Crippen LogP contribution in [-0.2, 0) is 34.5 Å². The van der Waals surface area contributed by atoms with Gasteiger partial charge >= 0.3 is 14.0 Å². The quantitative estimate of drug-likeness (QED) is 0.151. The van der Waals surface area contributed by atoms with E-state index in [1.165, 1.54) is 4.90 Å². The summed E-state index contributed by atoms with van der Waals surface area (Å²) >= 11 is 0. The Morgan fingerprint density at radius 2 is 1.44 bits per heavy atom. The Kier molecular flexibility index (Phi) is 11.9. The zero-order valence-electron chi connectivity index (χ0n) is 32.6. The maximum Gasteiger partial charge on any atom is 0.480 e. The summed E-state index contributed by atoms with van der Waals surface area (Å²) < 4.78 is 73.0. The highest BCUT2D eigenvalue weighted by atomic mass is 31.2. The minimum absolute atomic E-state index is 0.131. The van der Waals surface area contributed by atoms with Crippen molar-refractivity contribution in [3.05, 3.63) is 77.0 Å². The molecule has 1 fully saturated rings. The van der Waals surface area contributed by atoms with Gasteiger partial charge in [0.05, 0.1) is 67.3 Å². The van der Waals surface area contributed by atoms with Crippen LogP contribution in [0.25, 0.3) is 11.1 Å². The Hall–Kier alpha value is -3.28. The van der Waals surface area contributed by atoms with Crippen molar-refractivity contribution in [3.63, 3.8) is 0 Å². The molecular formula is C39H55F3N4O5P+. The average molecular weight is 748 g/mol. The highest BCUT2D eigenvalue weighted by Gasteiger charge is 2.41. The molecule has 1 saturated heterocycles. The van der Waals surface area contributed by atoms with Gasteiger partial charge in [-0.25, -0.2) is 14.1 Å². The Morgan fingerprint density at radius 1 is 0.885 bits per heavy atom. The third-order valence-corrected chi connectivity index (χ3v) is 11.0. The van der Waals surface area contributed by atoms with E-state index in [0.29, 0.717) is 41.9 Å². The monoisotopic (exact) mass is 747 g/mol. The van der Waals surface area contributed by atoms with Crippen molar-refractivity contribution in [1.82, 2.24) is 4.98 Å². The molecule has 13 heteroatoms. The molecule has 4 rings (SSSR count). The van der Waals surface area contributed by atoms with E-state index in [-0.39, 0.29) is 18.2 Å². The number of quaternary nitrogens is 1. The van der Waals surface area contributed by atoms with Crippen LogP contribution in [0.5, 0.6) is 0 Å². The second-order valence-electron chi connectivity index (χ2n) is 16.6. The summed E-state index contributed by atoms with van der Waals surface area (Å²) in [7, 11) is -0.203. The van der Waals surface area contributed by atoms with E-state index in [1.807, 2.05) is 44.3 Å². The average Bonchev–Trinajstić information content (AvgIpc) is 3.01. The molecule has 0 unspecified atom stereocenters. The molecule has 3 aromatic rings. The van der Waals surface area contributed by atoms with E-state index < -0.39 is 36.2 Å². The summed E-state index contributed by atoms with van der Waals surface area (Å²) in [5.74, 6) is 0.352. The normalized spacial score (nSPS) is 15.9. The van der Waals surface area contributed by atoms with Gasteiger partial charge in [-0.2, -0.15) is 13.2 Å². The molecule has 9 nitrogen and oxygen atoms in total. The first kappa shape index (κ1) is 41.5. The van der Waals surface area contributed by atoms with Gasteiger partial charge in [-0.3, -0.25) is 13.8 Å². The molecule has 0 saturated carbocycles. The number of anilines is 2. The molecule has 0 radical (unpaired) electrons. The highest BCUT2D eigenvalue weighted by Crippen LogP contribution is 2.55. The number of likely N-dealkylation sites (N-methyl/N-ethyl adjacent to an activating group) is 2. The molecule has 0 atom stereocenters. The van der Waals surface area contributed by atoms with Gasteiger partial charge in [0, 0.05) is 12.6 Å². The molecule has 0 spiro atoms. The van der Waals surface area contributed by atoms with Crippen molar-refractivity contribution >= 4 is 25.2 Å². The number of aryl methyl sites for hydroxylation is 2. The van der Waals surface area contributed by atoms with Crippen molar-refractivity contribution in [2.45, 2.75) is 92.0 Å². The van der Waals surface area contributed by atoms with Crippen LogP contribution in [-0.4, -0.2) is 73.6 Å². The first-order valence-corrected chi connectivity index (χ1v) is 19.0. The number of pyridine rings is 1. The van der Waals surface area contributed by atoms with Crippen molar-refractivity contribution in [1.29, 1.82) is 0 Å². The molecule has 1 aliphatic heterocycles. The van der Waals surface area contributed by atoms with E-state index in [9.17, 15) is 22.5 Å². The zero-order chi connectivity index (χ0) is 39.1. The van der Waals surface area contributed by atoms with Crippen LogP contribution < -0.4 is 9.80 Å². The fraction of sp³-hybridized carbons (Fsp3) is 0.538. The topological polar surface area (TPSA) is 81.2 Å². The van der Waals surface area contributed by atoms with Gasteiger partial charge in [0.1, 0.15) is 5.82 Å². The van der Waals surface area contributed by atoms with Crippen LogP contribution in [0.4, 0.5) is 24.7 Å². The fourth-order valence-electron chi connectivity index (χ4n) is 6.19. The molecule has 2 heterocycles. The molecule has 1 aliphatic rings. The van der Waals surface area contributed by atoms with Crippen molar-refractivity contribution in [3.8, 4) is 11.1 Å². The van der Waals surface area contributed by atoms with Gasteiger partial charge in [-0.15, -0.1) is 0 Å². The van der Waals surface area contributed by atoms with Gasteiger partial charge in [0.2, 0.25) is 5.91 Å². The number of carbonyl (C=O) groups excluding carboxylic acids is 1. The van der Waals surface area contributed by atoms with Gasteiger partial charge < -0.3 is 14.3 Å². The Morgan fingerprint density at radius 3 is 1.98 bits per heavy atom. The minimum atomic E-state index is -4.54.